The van der Waals surface area contributed by atoms with Gasteiger partial charge in [0.25, 0.3) is 5.91 Å². The smallest absolute Gasteiger partial charge is 0.270 e. The van der Waals surface area contributed by atoms with Crippen molar-refractivity contribution in [3.63, 3.8) is 0 Å². The van der Waals surface area contributed by atoms with E-state index in [-0.39, 0.29) is 5.91 Å². The van der Waals surface area contributed by atoms with Crippen LogP contribution < -0.4 is 10.1 Å². The molecule has 5 nitrogen and oxygen atoms in total. The Bertz CT molecular complexity index is 852. The van der Waals surface area contributed by atoms with E-state index in [4.69, 9.17) is 4.74 Å². The Balaban J connectivity index is 1.93. The molecular weight excluding hydrogens is 346 g/mol. The van der Waals surface area contributed by atoms with Crippen LogP contribution in [0.25, 0.3) is 16.3 Å². The molecular formula is C20H23N3O2S. The number of carbonyl (C=O) groups excluding carboxylic acids is 1. The molecule has 0 unspecified atom stereocenters. The van der Waals surface area contributed by atoms with Crippen LogP contribution in [0.4, 0.5) is 0 Å². The van der Waals surface area contributed by atoms with Crippen LogP contribution >= 0.6 is 11.3 Å². The molecule has 26 heavy (non-hydrogen) atoms. The predicted molar refractivity (Wildman–Crippen MR) is 105 cm³/mol. The number of carbonyl (C=O) groups is 1. The summed E-state index contributed by atoms with van der Waals surface area (Å²) in [6, 6.07) is 13.4. The molecule has 0 bridgehead atoms. The standard InChI is InChI=1S/C20H23N3O2S/c1-14(2)10-11-21-20(24)18-13-17(19-5-4-12-26-19)22-23(18)15-6-8-16(25-3)9-7-15/h4-9,12-14H,10-11H2,1-3H3,(H,21,24). The van der Waals surface area contributed by atoms with Gasteiger partial charge in [0.05, 0.1) is 17.7 Å². The number of nitrogens with one attached hydrogen (secondary N) is 1. The highest BCUT2D eigenvalue weighted by Crippen LogP contribution is 2.26. The first-order chi connectivity index (χ1) is 12.6. The third kappa shape index (κ3) is 4.14. The van der Waals surface area contributed by atoms with Crippen LogP contribution in [0.3, 0.4) is 0 Å². The molecule has 1 amide bonds. The number of thiophene rings is 1. The monoisotopic (exact) mass is 369 g/mol. The fourth-order valence-electron chi connectivity index (χ4n) is 2.57. The number of hydrogen-bond acceptors (Lipinski definition) is 4. The zero-order valence-electron chi connectivity index (χ0n) is 15.2. The van der Waals surface area contributed by atoms with Crippen molar-refractivity contribution in [2.45, 2.75) is 20.3 Å². The maximum Gasteiger partial charge on any atom is 0.270 e. The largest absolute Gasteiger partial charge is 0.497 e. The Kier molecular flexibility index (Phi) is 5.73. The molecule has 2 heterocycles. The molecule has 3 aromatic rings. The molecule has 1 N–H and O–H groups in total. The van der Waals surface area contributed by atoms with Gasteiger partial charge in [-0.3, -0.25) is 4.79 Å². The van der Waals surface area contributed by atoms with Crippen LogP contribution in [0.5, 0.6) is 5.75 Å². The van der Waals surface area contributed by atoms with Crippen LogP contribution in [0.15, 0.2) is 47.8 Å². The molecule has 0 aliphatic rings. The SMILES string of the molecule is COc1ccc(-n2nc(-c3cccs3)cc2C(=O)NCCC(C)C)cc1. The maximum absolute atomic E-state index is 12.7. The normalized spacial score (nSPS) is 10.9. The van der Waals surface area contributed by atoms with Gasteiger partial charge < -0.3 is 10.1 Å². The van der Waals surface area contributed by atoms with Crippen molar-refractivity contribution in [2.24, 2.45) is 5.92 Å². The zero-order chi connectivity index (χ0) is 18.5. The van der Waals surface area contributed by atoms with Gasteiger partial charge in [-0.15, -0.1) is 11.3 Å². The van der Waals surface area contributed by atoms with Gasteiger partial charge in [-0.25, -0.2) is 4.68 Å². The van der Waals surface area contributed by atoms with Crippen LogP contribution in [0.2, 0.25) is 0 Å². The first-order valence-electron chi connectivity index (χ1n) is 8.65. The van der Waals surface area contributed by atoms with E-state index >= 15 is 0 Å². The molecule has 0 fully saturated rings. The van der Waals surface area contributed by atoms with E-state index in [2.05, 4.69) is 24.3 Å². The third-order valence-electron chi connectivity index (χ3n) is 4.04. The third-order valence-corrected chi connectivity index (χ3v) is 4.93. The molecule has 0 aliphatic heterocycles. The maximum atomic E-state index is 12.7. The van der Waals surface area contributed by atoms with Crippen LogP contribution in [-0.4, -0.2) is 29.3 Å². The molecule has 0 radical (unpaired) electrons. The van der Waals surface area contributed by atoms with Crippen LogP contribution in [-0.2, 0) is 0 Å². The van der Waals surface area contributed by atoms with Crippen molar-refractivity contribution in [2.75, 3.05) is 13.7 Å². The molecule has 1 aromatic carbocycles. The number of nitrogens with zero attached hydrogens (tertiary/aromatic N) is 2. The number of ether oxygens (including phenoxy) is 1. The Hall–Kier alpha value is -2.60. The summed E-state index contributed by atoms with van der Waals surface area (Å²) < 4.78 is 6.91. The molecule has 0 spiro atoms. The van der Waals surface area contributed by atoms with E-state index in [0.29, 0.717) is 18.2 Å². The number of hydrogen-bond donors (Lipinski definition) is 1. The van der Waals surface area contributed by atoms with Crippen molar-refractivity contribution in [3.8, 4) is 22.0 Å². The summed E-state index contributed by atoms with van der Waals surface area (Å²) in [7, 11) is 1.63. The van der Waals surface area contributed by atoms with Crippen molar-refractivity contribution in [3.05, 3.63) is 53.5 Å². The van der Waals surface area contributed by atoms with E-state index in [1.807, 2.05) is 47.8 Å². The minimum absolute atomic E-state index is 0.114. The quantitative estimate of drug-likeness (QED) is 0.672. The Labute approximate surface area is 157 Å². The van der Waals surface area contributed by atoms with E-state index in [1.165, 1.54) is 0 Å². The van der Waals surface area contributed by atoms with Gasteiger partial charge in [-0.05, 0) is 54.1 Å². The summed E-state index contributed by atoms with van der Waals surface area (Å²) >= 11 is 1.61. The van der Waals surface area contributed by atoms with Gasteiger partial charge in [0.1, 0.15) is 17.1 Å². The highest BCUT2D eigenvalue weighted by molar-refractivity contribution is 7.13. The highest BCUT2D eigenvalue weighted by atomic mass is 32.1. The van der Waals surface area contributed by atoms with Crippen molar-refractivity contribution < 1.29 is 9.53 Å². The Morgan fingerprint density at radius 2 is 2.04 bits per heavy atom. The van der Waals surface area contributed by atoms with Crippen molar-refractivity contribution in [1.82, 2.24) is 15.1 Å². The molecule has 3 rings (SSSR count). The summed E-state index contributed by atoms with van der Waals surface area (Å²) in [5.74, 6) is 1.20. The summed E-state index contributed by atoms with van der Waals surface area (Å²) in [6.45, 7) is 4.93. The molecule has 0 saturated carbocycles. The van der Waals surface area contributed by atoms with Crippen molar-refractivity contribution in [1.29, 1.82) is 0 Å². The second kappa shape index (κ2) is 8.19. The topological polar surface area (TPSA) is 56.2 Å². The number of methoxy groups -OCH3 is 1. The van der Waals surface area contributed by atoms with E-state index < -0.39 is 0 Å². The zero-order valence-corrected chi connectivity index (χ0v) is 16.0. The minimum Gasteiger partial charge on any atom is -0.497 e. The van der Waals surface area contributed by atoms with Gasteiger partial charge in [-0.1, -0.05) is 19.9 Å². The summed E-state index contributed by atoms with van der Waals surface area (Å²) in [5, 5.41) is 9.67. The average Bonchev–Trinajstić information content (AvgIpc) is 3.31. The molecule has 0 atom stereocenters. The van der Waals surface area contributed by atoms with Gasteiger partial charge in [0, 0.05) is 6.54 Å². The summed E-state index contributed by atoms with van der Waals surface area (Å²) in [6.07, 6.45) is 0.945. The number of benzene rings is 1. The summed E-state index contributed by atoms with van der Waals surface area (Å²) in [5.41, 5.74) is 2.15. The number of amides is 1. The fourth-order valence-corrected chi connectivity index (χ4v) is 3.25. The number of aromatic nitrogens is 2. The second-order valence-corrected chi connectivity index (χ2v) is 7.39. The van der Waals surface area contributed by atoms with Gasteiger partial charge >= 0.3 is 0 Å². The Morgan fingerprint density at radius 1 is 1.27 bits per heavy atom. The van der Waals surface area contributed by atoms with Gasteiger partial charge in [-0.2, -0.15) is 5.10 Å². The molecule has 2 aromatic heterocycles. The average molecular weight is 369 g/mol. The van der Waals surface area contributed by atoms with E-state index in [0.717, 1.165) is 28.4 Å². The van der Waals surface area contributed by atoms with E-state index in [1.54, 1.807) is 23.1 Å². The predicted octanol–water partition coefficient (Wildman–Crippen LogP) is 4.39. The fraction of sp³-hybridized carbons (Fsp3) is 0.300. The van der Waals surface area contributed by atoms with Gasteiger partial charge in [0.2, 0.25) is 0 Å². The van der Waals surface area contributed by atoms with Crippen molar-refractivity contribution >= 4 is 17.2 Å². The second-order valence-electron chi connectivity index (χ2n) is 6.44. The van der Waals surface area contributed by atoms with Crippen LogP contribution in [0.1, 0.15) is 30.8 Å². The highest BCUT2D eigenvalue weighted by Gasteiger charge is 2.18. The lowest BCUT2D eigenvalue weighted by Crippen LogP contribution is -2.27. The molecule has 0 saturated heterocycles. The first kappa shape index (κ1) is 18.2. The minimum atomic E-state index is -0.114. The molecule has 0 aliphatic carbocycles. The lowest BCUT2D eigenvalue weighted by atomic mass is 10.1. The van der Waals surface area contributed by atoms with Gasteiger partial charge in [0.15, 0.2) is 0 Å². The van der Waals surface area contributed by atoms with E-state index in [9.17, 15) is 4.79 Å². The first-order valence-corrected chi connectivity index (χ1v) is 9.53. The molecule has 6 heteroatoms. The summed E-state index contributed by atoms with van der Waals surface area (Å²) in [4.78, 5) is 13.8. The molecule has 136 valence electrons. The lowest BCUT2D eigenvalue weighted by molar-refractivity contribution is 0.0944. The van der Waals surface area contributed by atoms with Crippen LogP contribution in [0, 0.1) is 5.92 Å². The lowest BCUT2D eigenvalue weighted by Gasteiger charge is -2.10. The number of rotatable bonds is 7. The Morgan fingerprint density at radius 3 is 2.65 bits per heavy atom.